The molecule has 0 spiro atoms. The summed E-state index contributed by atoms with van der Waals surface area (Å²) < 4.78 is 5.55. The van der Waals surface area contributed by atoms with E-state index >= 15 is 0 Å². The molecule has 4 nitrogen and oxygen atoms in total. The van der Waals surface area contributed by atoms with E-state index in [1.54, 1.807) is 14.0 Å². The van der Waals surface area contributed by atoms with Gasteiger partial charge in [-0.2, -0.15) is 0 Å². The maximum absolute atomic E-state index is 13.6. The predicted molar refractivity (Wildman–Crippen MR) is 165 cm³/mol. The van der Waals surface area contributed by atoms with Crippen LogP contribution in [0.5, 0.6) is 0 Å². The fourth-order valence-corrected chi connectivity index (χ4v) is 5.53. The van der Waals surface area contributed by atoms with Crippen molar-refractivity contribution in [1.29, 1.82) is 0 Å². The van der Waals surface area contributed by atoms with Crippen LogP contribution in [0.4, 0.5) is 0 Å². The fourth-order valence-electron chi connectivity index (χ4n) is 5.53. The standard InChI is InChI=1S/C34H67NO3/c1-6-9-12-15-17-19-20-22-24-27-30-34(28-25-14-11-8-3,33(37)38-32(36)31(4)35-5)29-26-23-21-18-16-13-10-7-2/h31,35H,6-30H2,1-5H3. The summed E-state index contributed by atoms with van der Waals surface area (Å²) in [7, 11) is 1.73. The quantitative estimate of drug-likeness (QED) is 0.0612. The number of rotatable bonds is 28. The Bertz CT molecular complexity index is 550. The zero-order chi connectivity index (χ0) is 28.3. The van der Waals surface area contributed by atoms with E-state index in [0.717, 1.165) is 44.9 Å². The van der Waals surface area contributed by atoms with E-state index in [1.165, 1.54) is 116 Å². The Morgan fingerprint density at radius 1 is 0.553 bits per heavy atom. The number of likely N-dealkylation sites (N-methyl/N-ethyl adjacent to an activating group) is 1. The first-order valence-corrected chi connectivity index (χ1v) is 16.9. The zero-order valence-electron chi connectivity index (χ0n) is 26.5. The van der Waals surface area contributed by atoms with E-state index in [0.29, 0.717) is 0 Å². The maximum Gasteiger partial charge on any atom is 0.330 e. The molecular formula is C34H67NO3. The molecule has 0 fully saturated rings. The average Bonchev–Trinajstić information content (AvgIpc) is 2.92. The lowest BCUT2D eigenvalue weighted by molar-refractivity contribution is -0.170. The van der Waals surface area contributed by atoms with E-state index in [4.69, 9.17) is 4.74 Å². The summed E-state index contributed by atoms with van der Waals surface area (Å²) >= 11 is 0. The van der Waals surface area contributed by atoms with Crippen LogP contribution in [-0.4, -0.2) is 25.0 Å². The van der Waals surface area contributed by atoms with E-state index < -0.39 is 17.4 Å². The van der Waals surface area contributed by atoms with Crippen LogP contribution < -0.4 is 5.32 Å². The molecule has 0 saturated carbocycles. The number of carbonyl (C=O) groups is 2. The Morgan fingerprint density at radius 3 is 1.16 bits per heavy atom. The van der Waals surface area contributed by atoms with Crippen molar-refractivity contribution >= 4 is 11.9 Å². The molecule has 0 aromatic rings. The summed E-state index contributed by atoms with van der Waals surface area (Å²) in [6.07, 6.45) is 30.2. The molecule has 0 aliphatic rings. The third-order valence-electron chi connectivity index (χ3n) is 8.44. The fraction of sp³-hybridized carbons (Fsp3) is 0.941. The molecule has 1 N–H and O–H groups in total. The van der Waals surface area contributed by atoms with E-state index in [2.05, 4.69) is 26.1 Å². The maximum atomic E-state index is 13.6. The van der Waals surface area contributed by atoms with Gasteiger partial charge in [0.15, 0.2) is 0 Å². The molecule has 0 heterocycles. The minimum atomic E-state index is -0.501. The third-order valence-corrected chi connectivity index (χ3v) is 8.44. The van der Waals surface area contributed by atoms with Gasteiger partial charge >= 0.3 is 11.9 Å². The second-order valence-corrected chi connectivity index (χ2v) is 12.0. The molecule has 0 rings (SSSR count). The van der Waals surface area contributed by atoms with Crippen molar-refractivity contribution in [3.05, 3.63) is 0 Å². The van der Waals surface area contributed by atoms with Gasteiger partial charge in [-0.1, -0.05) is 162 Å². The van der Waals surface area contributed by atoms with Crippen LogP contribution >= 0.6 is 0 Å². The van der Waals surface area contributed by atoms with Gasteiger partial charge in [0.2, 0.25) is 0 Å². The van der Waals surface area contributed by atoms with Crippen LogP contribution in [0.15, 0.2) is 0 Å². The van der Waals surface area contributed by atoms with Gasteiger partial charge in [0.25, 0.3) is 0 Å². The highest BCUT2D eigenvalue weighted by Gasteiger charge is 2.40. The van der Waals surface area contributed by atoms with Crippen molar-refractivity contribution < 1.29 is 14.3 Å². The summed E-state index contributed by atoms with van der Waals surface area (Å²) in [5.74, 6) is -0.686. The molecule has 0 radical (unpaired) electrons. The highest BCUT2D eigenvalue weighted by molar-refractivity contribution is 5.91. The van der Waals surface area contributed by atoms with Crippen molar-refractivity contribution in [2.24, 2.45) is 5.41 Å². The first-order valence-electron chi connectivity index (χ1n) is 16.9. The molecule has 38 heavy (non-hydrogen) atoms. The lowest BCUT2D eigenvalue weighted by Gasteiger charge is -2.32. The average molecular weight is 538 g/mol. The van der Waals surface area contributed by atoms with E-state index in [1.807, 2.05) is 0 Å². The van der Waals surface area contributed by atoms with Crippen molar-refractivity contribution in [3.63, 3.8) is 0 Å². The van der Waals surface area contributed by atoms with Crippen molar-refractivity contribution in [1.82, 2.24) is 5.32 Å². The molecule has 0 aromatic carbocycles. The summed E-state index contributed by atoms with van der Waals surface area (Å²) in [6.45, 7) is 8.52. The van der Waals surface area contributed by atoms with Gasteiger partial charge in [0.05, 0.1) is 5.41 Å². The first kappa shape index (κ1) is 37.1. The van der Waals surface area contributed by atoms with Gasteiger partial charge in [-0.3, -0.25) is 4.79 Å². The van der Waals surface area contributed by atoms with Crippen LogP contribution in [0.3, 0.4) is 0 Å². The molecule has 0 bridgehead atoms. The molecule has 4 heteroatoms. The molecule has 0 aliphatic carbocycles. The SMILES string of the molecule is CCCCCCCCCCCCC(CCCCCC)(CCCCCCCCCC)C(=O)OC(=O)C(C)NC. The number of carbonyl (C=O) groups excluding carboxylic acids is 2. The number of hydrogen-bond donors (Lipinski definition) is 1. The molecule has 0 amide bonds. The van der Waals surface area contributed by atoms with E-state index in [-0.39, 0.29) is 5.97 Å². The molecule has 2 atom stereocenters. The minimum absolute atomic E-state index is 0.250. The largest absolute Gasteiger partial charge is 0.392 e. The number of esters is 2. The minimum Gasteiger partial charge on any atom is -0.392 e. The first-order chi connectivity index (χ1) is 18.5. The molecule has 2 unspecified atom stereocenters. The predicted octanol–water partition coefficient (Wildman–Crippen LogP) is 10.5. The Balaban J connectivity index is 5.02. The summed E-state index contributed by atoms with van der Waals surface area (Å²) in [5, 5.41) is 2.92. The molecule has 0 aromatic heterocycles. The number of ether oxygens (including phenoxy) is 1. The lowest BCUT2D eigenvalue weighted by Crippen LogP contribution is -2.40. The normalized spacial score (nSPS) is 13.8. The van der Waals surface area contributed by atoms with Crippen molar-refractivity contribution in [2.75, 3.05) is 7.05 Å². The second kappa shape index (κ2) is 26.3. The molecule has 0 saturated heterocycles. The summed E-state index contributed by atoms with van der Waals surface area (Å²) in [4.78, 5) is 26.2. The Labute approximate surface area is 238 Å². The number of unbranched alkanes of at least 4 members (excludes halogenated alkanes) is 19. The lowest BCUT2D eigenvalue weighted by atomic mass is 9.74. The van der Waals surface area contributed by atoms with Gasteiger partial charge in [-0.25, -0.2) is 4.79 Å². The summed E-state index contributed by atoms with van der Waals surface area (Å²) in [5.41, 5.74) is -0.501. The van der Waals surface area contributed by atoms with Gasteiger partial charge in [0, 0.05) is 0 Å². The Hall–Kier alpha value is -0.900. The highest BCUT2D eigenvalue weighted by Crippen LogP contribution is 2.39. The van der Waals surface area contributed by atoms with Crippen molar-refractivity contribution in [3.8, 4) is 0 Å². The monoisotopic (exact) mass is 538 g/mol. The highest BCUT2D eigenvalue weighted by atomic mass is 16.6. The molecular weight excluding hydrogens is 470 g/mol. The smallest absolute Gasteiger partial charge is 0.330 e. The summed E-state index contributed by atoms with van der Waals surface area (Å²) in [6, 6.07) is -0.461. The van der Waals surface area contributed by atoms with Crippen LogP contribution in [0.25, 0.3) is 0 Å². The zero-order valence-corrected chi connectivity index (χ0v) is 26.5. The van der Waals surface area contributed by atoms with Gasteiger partial charge in [0.1, 0.15) is 6.04 Å². The van der Waals surface area contributed by atoms with Crippen LogP contribution in [0.1, 0.15) is 188 Å². The second-order valence-electron chi connectivity index (χ2n) is 12.0. The topological polar surface area (TPSA) is 55.4 Å². The molecule has 226 valence electrons. The van der Waals surface area contributed by atoms with Crippen LogP contribution in [0.2, 0.25) is 0 Å². The van der Waals surface area contributed by atoms with Gasteiger partial charge in [-0.05, 0) is 33.2 Å². The Kier molecular flexibility index (Phi) is 25.7. The van der Waals surface area contributed by atoms with Crippen LogP contribution in [-0.2, 0) is 14.3 Å². The Morgan fingerprint density at radius 2 is 0.842 bits per heavy atom. The van der Waals surface area contributed by atoms with Gasteiger partial charge in [-0.15, -0.1) is 0 Å². The van der Waals surface area contributed by atoms with Crippen molar-refractivity contribution in [2.45, 2.75) is 194 Å². The van der Waals surface area contributed by atoms with Gasteiger partial charge < -0.3 is 10.1 Å². The van der Waals surface area contributed by atoms with Crippen LogP contribution in [0, 0.1) is 5.41 Å². The number of nitrogens with one attached hydrogen (secondary N) is 1. The van der Waals surface area contributed by atoms with E-state index in [9.17, 15) is 9.59 Å². The third kappa shape index (κ3) is 19.2. The molecule has 0 aliphatic heterocycles. The number of hydrogen-bond acceptors (Lipinski definition) is 4.